The normalized spacial score (nSPS) is 10.6. The number of nitrogens with zero attached hydrogens (tertiary/aromatic N) is 1. The number of oxazole rings is 1. The Balaban J connectivity index is 1.48. The smallest absolute Gasteiger partial charge is 0.255 e. The molecule has 5 nitrogen and oxygen atoms in total. The molecule has 1 N–H and O–H groups in total. The van der Waals surface area contributed by atoms with E-state index in [0.717, 1.165) is 22.4 Å². The van der Waals surface area contributed by atoms with Crippen molar-refractivity contribution in [2.45, 2.75) is 13.8 Å². The van der Waals surface area contributed by atoms with Crippen LogP contribution in [0.4, 0.5) is 5.69 Å². The Kier molecular flexibility index (Phi) is 5.35. The quantitative estimate of drug-likeness (QED) is 0.455. The minimum atomic E-state index is -0.182. The number of hydrogen-bond acceptors (Lipinski definition) is 4. The van der Waals surface area contributed by atoms with Gasteiger partial charge in [0.2, 0.25) is 5.89 Å². The average Bonchev–Trinajstić information content (AvgIpc) is 3.24. The molecule has 1 heterocycles. The van der Waals surface area contributed by atoms with Gasteiger partial charge in [0.15, 0.2) is 0 Å². The zero-order valence-corrected chi connectivity index (χ0v) is 17.1. The number of benzene rings is 3. The lowest BCUT2D eigenvalue weighted by molar-refractivity contribution is 0.102. The van der Waals surface area contributed by atoms with Gasteiger partial charge in [-0.05, 0) is 67.9 Å². The van der Waals surface area contributed by atoms with E-state index in [-0.39, 0.29) is 5.91 Å². The van der Waals surface area contributed by atoms with Crippen LogP contribution in [0.5, 0.6) is 5.75 Å². The van der Waals surface area contributed by atoms with Crippen LogP contribution >= 0.6 is 0 Å². The first-order chi connectivity index (χ1) is 14.5. The number of nitrogens with one attached hydrogen (secondary N) is 1. The number of carbonyl (C=O) groups excluding carboxylic acids is 1. The molecular weight excluding hydrogens is 376 g/mol. The van der Waals surface area contributed by atoms with Crippen LogP contribution in [-0.2, 0) is 0 Å². The highest BCUT2D eigenvalue weighted by atomic mass is 16.5. The van der Waals surface area contributed by atoms with Gasteiger partial charge in [-0.3, -0.25) is 4.79 Å². The summed E-state index contributed by atoms with van der Waals surface area (Å²) in [6.07, 6.45) is 1.67. The second kappa shape index (κ2) is 8.25. The lowest BCUT2D eigenvalue weighted by Crippen LogP contribution is -2.11. The summed E-state index contributed by atoms with van der Waals surface area (Å²) in [6, 6.07) is 20.6. The zero-order chi connectivity index (χ0) is 21.1. The number of amides is 1. The molecular formula is C25H22N2O3. The molecule has 0 aliphatic rings. The maximum absolute atomic E-state index is 12.4. The maximum Gasteiger partial charge on any atom is 0.255 e. The molecule has 150 valence electrons. The summed E-state index contributed by atoms with van der Waals surface area (Å²) >= 11 is 0. The molecule has 0 aliphatic heterocycles. The van der Waals surface area contributed by atoms with E-state index in [0.29, 0.717) is 22.9 Å². The van der Waals surface area contributed by atoms with Gasteiger partial charge in [-0.15, -0.1) is 0 Å². The number of rotatable bonds is 5. The first-order valence-electron chi connectivity index (χ1n) is 9.62. The molecule has 1 amide bonds. The highest BCUT2D eigenvalue weighted by Crippen LogP contribution is 2.28. The largest absolute Gasteiger partial charge is 0.497 e. The van der Waals surface area contributed by atoms with Crippen LogP contribution in [0.2, 0.25) is 0 Å². The highest BCUT2D eigenvalue weighted by molar-refractivity contribution is 6.04. The molecule has 4 aromatic rings. The number of aryl methyl sites for hydroxylation is 2. The summed E-state index contributed by atoms with van der Waals surface area (Å²) in [6.45, 7) is 4.14. The van der Waals surface area contributed by atoms with Gasteiger partial charge >= 0.3 is 0 Å². The third-order valence-electron chi connectivity index (χ3n) is 4.90. The minimum absolute atomic E-state index is 0.182. The first-order valence-corrected chi connectivity index (χ1v) is 9.62. The second-order valence-electron chi connectivity index (χ2n) is 7.12. The molecule has 0 unspecified atom stereocenters. The molecule has 0 saturated carbocycles. The molecule has 0 saturated heterocycles. The Morgan fingerprint density at radius 2 is 1.70 bits per heavy atom. The lowest BCUT2D eigenvalue weighted by Gasteiger charge is -2.06. The molecule has 5 heteroatoms. The fourth-order valence-electron chi connectivity index (χ4n) is 3.27. The van der Waals surface area contributed by atoms with Crippen molar-refractivity contribution in [3.8, 4) is 28.5 Å². The number of anilines is 1. The topological polar surface area (TPSA) is 64.4 Å². The highest BCUT2D eigenvalue weighted by Gasteiger charge is 2.11. The van der Waals surface area contributed by atoms with Gasteiger partial charge in [-0.1, -0.05) is 23.8 Å². The zero-order valence-electron chi connectivity index (χ0n) is 17.1. The van der Waals surface area contributed by atoms with E-state index in [9.17, 15) is 4.79 Å². The fourth-order valence-corrected chi connectivity index (χ4v) is 3.27. The van der Waals surface area contributed by atoms with Crippen LogP contribution in [0.15, 0.2) is 77.4 Å². The van der Waals surface area contributed by atoms with Crippen molar-refractivity contribution >= 4 is 11.6 Å². The van der Waals surface area contributed by atoms with Crippen molar-refractivity contribution < 1.29 is 13.9 Å². The van der Waals surface area contributed by atoms with Crippen molar-refractivity contribution in [1.82, 2.24) is 4.98 Å². The van der Waals surface area contributed by atoms with Crippen molar-refractivity contribution in [3.05, 3.63) is 89.7 Å². The van der Waals surface area contributed by atoms with Gasteiger partial charge in [0.1, 0.15) is 17.7 Å². The molecule has 0 bridgehead atoms. The molecule has 0 atom stereocenters. The standard InChI is InChI=1S/C25H22N2O3/c1-16-4-13-22(17(2)14-16)23-15-30-25(27-23)19-5-9-20(10-6-19)26-24(28)18-7-11-21(29-3)12-8-18/h4-15H,1-3H3,(H,26,28). The van der Waals surface area contributed by atoms with E-state index in [2.05, 4.69) is 42.3 Å². The predicted octanol–water partition coefficient (Wildman–Crippen LogP) is 5.89. The number of methoxy groups -OCH3 is 1. The molecule has 30 heavy (non-hydrogen) atoms. The van der Waals surface area contributed by atoms with Crippen molar-refractivity contribution in [3.63, 3.8) is 0 Å². The van der Waals surface area contributed by atoms with Crippen LogP contribution in [0.3, 0.4) is 0 Å². The van der Waals surface area contributed by atoms with Crippen LogP contribution in [0, 0.1) is 13.8 Å². The van der Waals surface area contributed by atoms with E-state index in [4.69, 9.17) is 9.15 Å². The van der Waals surface area contributed by atoms with Gasteiger partial charge < -0.3 is 14.5 Å². The van der Waals surface area contributed by atoms with E-state index in [1.807, 2.05) is 24.3 Å². The van der Waals surface area contributed by atoms with Crippen LogP contribution < -0.4 is 10.1 Å². The Morgan fingerprint density at radius 1 is 0.967 bits per heavy atom. The Hall–Kier alpha value is -3.86. The van der Waals surface area contributed by atoms with Crippen LogP contribution in [0.1, 0.15) is 21.5 Å². The molecule has 0 spiro atoms. The lowest BCUT2D eigenvalue weighted by atomic mass is 10.0. The van der Waals surface area contributed by atoms with Gasteiger partial charge in [-0.25, -0.2) is 4.98 Å². The number of ether oxygens (including phenoxy) is 1. The van der Waals surface area contributed by atoms with Crippen molar-refractivity contribution in [2.24, 2.45) is 0 Å². The molecule has 0 fully saturated rings. The van der Waals surface area contributed by atoms with Gasteiger partial charge in [0.25, 0.3) is 5.91 Å². The first kappa shape index (κ1) is 19.5. The van der Waals surface area contributed by atoms with Crippen molar-refractivity contribution in [1.29, 1.82) is 0 Å². The monoisotopic (exact) mass is 398 g/mol. The summed E-state index contributed by atoms with van der Waals surface area (Å²) in [5.41, 5.74) is 6.33. The molecule has 0 aliphatic carbocycles. The molecule has 0 radical (unpaired) electrons. The number of carbonyl (C=O) groups is 1. The molecule has 4 rings (SSSR count). The van der Waals surface area contributed by atoms with Crippen molar-refractivity contribution in [2.75, 3.05) is 12.4 Å². The third-order valence-corrected chi connectivity index (χ3v) is 4.90. The summed E-state index contributed by atoms with van der Waals surface area (Å²) in [7, 11) is 1.59. The Labute approximate surface area is 175 Å². The minimum Gasteiger partial charge on any atom is -0.497 e. The van der Waals surface area contributed by atoms with E-state index in [1.165, 1.54) is 5.56 Å². The fraction of sp³-hybridized carbons (Fsp3) is 0.120. The predicted molar refractivity (Wildman–Crippen MR) is 118 cm³/mol. The van der Waals surface area contributed by atoms with Gasteiger partial charge in [0.05, 0.1) is 7.11 Å². The molecule has 3 aromatic carbocycles. The van der Waals surface area contributed by atoms with Crippen LogP contribution in [0.25, 0.3) is 22.7 Å². The second-order valence-corrected chi connectivity index (χ2v) is 7.12. The van der Waals surface area contributed by atoms with E-state index in [1.54, 1.807) is 37.6 Å². The maximum atomic E-state index is 12.4. The summed E-state index contributed by atoms with van der Waals surface area (Å²) in [5, 5.41) is 2.89. The van der Waals surface area contributed by atoms with Gasteiger partial charge in [-0.2, -0.15) is 0 Å². The summed E-state index contributed by atoms with van der Waals surface area (Å²) < 4.78 is 10.8. The average molecular weight is 398 g/mol. The van der Waals surface area contributed by atoms with Crippen LogP contribution in [-0.4, -0.2) is 18.0 Å². The summed E-state index contributed by atoms with van der Waals surface area (Å²) in [4.78, 5) is 17.0. The molecule has 1 aromatic heterocycles. The van der Waals surface area contributed by atoms with E-state index < -0.39 is 0 Å². The Bertz CT molecular complexity index is 1180. The number of hydrogen-bond donors (Lipinski definition) is 1. The Morgan fingerprint density at radius 3 is 2.37 bits per heavy atom. The van der Waals surface area contributed by atoms with Gasteiger partial charge in [0, 0.05) is 22.4 Å². The summed E-state index contributed by atoms with van der Waals surface area (Å²) in [5.74, 6) is 1.07. The SMILES string of the molecule is COc1ccc(C(=O)Nc2ccc(-c3nc(-c4ccc(C)cc4C)co3)cc2)cc1. The van der Waals surface area contributed by atoms with E-state index >= 15 is 0 Å². The third kappa shape index (κ3) is 4.10. The number of aromatic nitrogens is 1.